The molecule has 0 saturated carbocycles. The number of hydrogen-bond acceptors (Lipinski definition) is 6. The van der Waals surface area contributed by atoms with E-state index in [1.165, 1.54) is 24.3 Å². The molecule has 2 heterocycles. The maximum atomic E-state index is 12.3. The Bertz CT molecular complexity index is 727. The van der Waals surface area contributed by atoms with E-state index in [0.29, 0.717) is 17.2 Å². The highest BCUT2D eigenvalue weighted by Gasteiger charge is 2.24. The zero-order valence-electron chi connectivity index (χ0n) is 13.1. The summed E-state index contributed by atoms with van der Waals surface area (Å²) in [6.45, 7) is 2.14. The molecule has 0 aromatic carbocycles. The van der Waals surface area contributed by atoms with E-state index in [4.69, 9.17) is 9.15 Å². The Morgan fingerprint density at radius 2 is 2.17 bits per heavy atom. The van der Waals surface area contributed by atoms with Crippen LogP contribution in [0, 0.1) is 5.92 Å². The fourth-order valence-electron chi connectivity index (χ4n) is 2.80. The maximum absolute atomic E-state index is 12.3. The Labute approximate surface area is 138 Å². The second-order valence-electron chi connectivity index (χ2n) is 5.72. The molecule has 0 aliphatic heterocycles. The van der Waals surface area contributed by atoms with Gasteiger partial charge in [0.2, 0.25) is 0 Å². The van der Waals surface area contributed by atoms with Crippen LogP contribution in [0.15, 0.2) is 22.1 Å². The lowest BCUT2D eigenvalue weighted by atomic mass is 9.88. The highest BCUT2D eigenvalue weighted by molar-refractivity contribution is 7.10. The van der Waals surface area contributed by atoms with Crippen LogP contribution >= 0.6 is 11.3 Å². The fraction of sp³-hybridized carbons (Fsp3) is 0.412. The van der Waals surface area contributed by atoms with E-state index in [-0.39, 0.29) is 18.1 Å². The second kappa shape index (κ2) is 6.58. The van der Waals surface area contributed by atoms with E-state index >= 15 is 0 Å². The van der Waals surface area contributed by atoms with Gasteiger partial charge in [-0.2, -0.15) is 0 Å². The smallest absolute Gasteiger partial charge is 0.341 e. The summed E-state index contributed by atoms with van der Waals surface area (Å²) in [5.41, 5.74) is 2.04. The van der Waals surface area contributed by atoms with Gasteiger partial charge in [-0.05, 0) is 36.8 Å². The van der Waals surface area contributed by atoms with Crippen LogP contribution in [0.25, 0.3) is 0 Å². The molecule has 1 atom stereocenters. The molecule has 1 aliphatic rings. The van der Waals surface area contributed by atoms with Gasteiger partial charge in [0.1, 0.15) is 5.56 Å². The molecule has 0 radical (unpaired) electrons. The molecule has 2 aromatic heterocycles. The van der Waals surface area contributed by atoms with E-state index in [1.54, 1.807) is 11.3 Å². The highest BCUT2D eigenvalue weighted by Crippen LogP contribution is 2.33. The third kappa shape index (κ3) is 3.17. The molecule has 0 spiro atoms. The Morgan fingerprint density at radius 1 is 1.35 bits per heavy atom. The normalized spacial score (nSPS) is 16.7. The minimum Gasteiger partial charge on any atom is -0.465 e. The number of thiophene rings is 1. The lowest BCUT2D eigenvalue weighted by molar-refractivity contribution is 0.0431. The average Bonchev–Trinajstić information content (AvgIpc) is 3.18. The van der Waals surface area contributed by atoms with Crippen LogP contribution in [0.2, 0.25) is 0 Å². The second-order valence-corrected chi connectivity index (χ2v) is 6.69. The summed E-state index contributed by atoms with van der Waals surface area (Å²) in [6.07, 6.45) is 4.41. The van der Waals surface area contributed by atoms with Gasteiger partial charge in [-0.15, -0.1) is 11.3 Å². The van der Waals surface area contributed by atoms with Crippen molar-refractivity contribution >= 4 is 23.3 Å². The molecule has 122 valence electrons. The van der Waals surface area contributed by atoms with Gasteiger partial charge in [-0.25, -0.2) is 9.59 Å². The molecule has 0 N–H and O–H groups in total. The van der Waals surface area contributed by atoms with E-state index in [9.17, 15) is 9.59 Å². The molecule has 0 amide bonds. The Morgan fingerprint density at radius 3 is 2.96 bits per heavy atom. The Kier molecular flexibility index (Phi) is 4.52. The van der Waals surface area contributed by atoms with Crippen LogP contribution in [-0.4, -0.2) is 19.0 Å². The van der Waals surface area contributed by atoms with Crippen molar-refractivity contribution in [2.45, 2.75) is 32.8 Å². The zero-order chi connectivity index (χ0) is 16.4. The summed E-state index contributed by atoms with van der Waals surface area (Å²) in [7, 11) is 1.30. The third-order valence-corrected chi connectivity index (χ3v) is 5.16. The van der Waals surface area contributed by atoms with Crippen molar-refractivity contribution < 1.29 is 23.5 Å². The van der Waals surface area contributed by atoms with Gasteiger partial charge in [0.25, 0.3) is 0 Å². The van der Waals surface area contributed by atoms with E-state index in [1.807, 2.05) is 5.38 Å². The standard InChI is InChI=1S/C17H18O5S/c1-10-3-4-11-13(9-23-15(11)7-10)17(19)22-8-14-12(5-6-21-14)16(18)20-2/h5-6,9-10H,3-4,7-8H2,1-2H3/t10-/m1/s1. The molecule has 0 bridgehead atoms. The number of hydrogen-bond donors (Lipinski definition) is 0. The van der Waals surface area contributed by atoms with Crippen molar-refractivity contribution in [3.05, 3.63) is 45.0 Å². The zero-order valence-corrected chi connectivity index (χ0v) is 13.9. The molecule has 3 rings (SSSR count). The monoisotopic (exact) mass is 334 g/mol. The highest BCUT2D eigenvalue weighted by atomic mass is 32.1. The maximum Gasteiger partial charge on any atom is 0.341 e. The van der Waals surface area contributed by atoms with Gasteiger partial charge < -0.3 is 13.9 Å². The summed E-state index contributed by atoms with van der Waals surface area (Å²) in [5, 5.41) is 1.87. The molecular weight excluding hydrogens is 316 g/mol. The minimum absolute atomic E-state index is 0.0860. The molecule has 5 nitrogen and oxygen atoms in total. The minimum atomic E-state index is -0.508. The number of methoxy groups -OCH3 is 1. The molecule has 23 heavy (non-hydrogen) atoms. The average molecular weight is 334 g/mol. The van der Waals surface area contributed by atoms with Crippen LogP contribution in [0.3, 0.4) is 0 Å². The first kappa shape index (κ1) is 15.8. The first-order valence-electron chi connectivity index (χ1n) is 7.51. The summed E-state index contributed by atoms with van der Waals surface area (Å²) >= 11 is 1.62. The van der Waals surface area contributed by atoms with Crippen molar-refractivity contribution in [1.82, 2.24) is 0 Å². The van der Waals surface area contributed by atoms with Crippen molar-refractivity contribution in [2.24, 2.45) is 5.92 Å². The summed E-state index contributed by atoms with van der Waals surface area (Å²) in [4.78, 5) is 25.2. The number of carbonyl (C=O) groups is 2. The summed E-state index contributed by atoms with van der Waals surface area (Å²) < 4.78 is 15.2. The van der Waals surface area contributed by atoms with Crippen LogP contribution in [-0.2, 0) is 28.9 Å². The molecule has 2 aromatic rings. The number of furan rings is 1. The molecule has 0 fully saturated rings. The Hall–Kier alpha value is -2.08. The molecular formula is C17H18O5S. The summed E-state index contributed by atoms with van der Waals surface area (Å²) in [5.74, 6) is 0.0784. The van der Waals surface area contributed by atoms with E-state index in [2.05, 4.69) is 11.7 Å². The van der Waals surface area contributed by atoms with Gasteiger partial charge in [-0.1, -0.05) is 6.92 Å². The summed E-state index contributed by atoms with van der Waals surface area (Å²) in [6, 6.07) is 1.50. The Balaban J connectivity index is 1.69. The number of esters is 2. The van der Waals surface area contributed by atoms with E-state index < -0.39 is 5.97 Å². The predicted molar refractivity (Wildman–Crippen MR) is 84.7 cm³/mol. The van der Waals surface area contributed by atoms with Crippen molar-refractivity contribution in [3.8, 4) is 0 Å². The van der Waals surface area contributed by atoms with Crippen LogP contribution < -0.4 is 0 Å². The van der Waals surface area contributed by atoms with Crippen LogP contribution in [0.4, 0.5) is 0 Å². The third-order valence-electron chi connectivity index (χ3n) is 4.11. The number of fused-ring (bicyclic) bond motifs is 1. The van der Waals surface area contributed by atoms with Crippen LogP contribution in [0.1, 0.15) is 50.3 Å². The van der Waals surface area contributed by atoms with Gasteiger partial charge in [0.05, 0.1) is 18.9 Å². The van der Waals surface area contributed by atoms with Crippen LogP contribution in [0.5, 0.6) is 0 Å². The molecule has 0 unspecified atom stereocenters. The van der Waals surface area contributed by atoms with Crippen molar-refractivity contribution in [3.63, 3.8) is 0 Å². The largest absolute Gasteiger partial charge is 0.465 e. The fourth-order valence-corrected chi connectivity index (χ4v) is 4.04. The number of ether oxygens (including phenoxy) is 2. The van der Waals surface area contributed by atoms with Gasteiger partial charge >= 0.3 is 11.9 Å². The molecule has 1 aliphatic carbocycles. The van der Waals surface area contributed by atoms with E-state index in [0.717, 1.165) is 24.8 Å². The topological polar surface area (TPSA) is 65.7 Å². The number of carbonyl (C=O) groups excluding carboxylic acids is 2. The predicted octanol–water partition coefficient (Wildman–Crippen LogP) is 3.61. The molecule has 0 saturated heterocycles. The first-order valence-corrected chi connectivity index (χ1v) is 8.39. The quantitative estimate of drug-likeness (QED) is 0.799. The lowest BCUT2D eigenvalue weighted by Gasteiger charge is -2.18. The first-order chi connectivity index (χ1) is 11.1. The van der Waals surface area contributed by atoms with Gasteiger partial charge in [-0.3, -0.25) is 0 Å². The van der Waals surface area contributed by atoms with Gasteiger partial charge in [0.15, 0.2) is 12.4 Å². The number of rotatable bonds is 4. The SMILES string of the molecule is COC(=O)c1ccoc1COC(=O)c1csc2c1CC[C@@H](C)C2. The lowest BCUT2D eigenvalue weighted by Crippen LogP contribution is -2.13. The molecule has 6 heteroatoms. The van der Waals surface area contributed by atoms with Crippen molar-refractivity contribution in [2.75, 3.05) is 7.11 Å². The van der Waals surface area contributed by atoms with Gasteiger partial charge in [0, 0.05) is 10.3 Å². The van der Waals surface area contributed by atoms with Crippen molar-refractivity contribution in [1.29, 1.82) is 0 Å².